The average molecular weight is 543 g/mol. The second-order valence-corrected chi connectivity index (χ2v) is 10.7. The number of fused-ring (bicyclic) bond motifs is 1. The molecule has 0 saturated heterocycles. The van der Waals surface area contributed by atoms with E-state index in [1.807, 2.05) is 23.0 Å². The molecule has 4 rings (SSSR count). The Morgan fingerprint density at radius 1 is 1.27 bits per heavy atom. The van der Waals surface area contributed by atoms with Crippen LogP contribution >= 0.6 is 23.4 Å². The lowest BCUT2D eigenvalue weighted by molar-refractivity contribution is 0.0522. The zero-order chi connectivity index (χ0) is 26.7. The third-order valence-corrected chi connectivity index (χ3v) is 8.32. The number of hydrogen-bond acceptors (Lipinski definition) is 5. The van der Waals surface area contributed by atoms with E-state index in [-0.39, 0.29) is 29.3 Å². The van der Waals surface area contributed by atoms with E-state index in [0.29, 0.717) is 16.9 Å². The summed E-state index contributed by atoms with van der Waals surface area (Å²) >= 11 is 7.80. The van der Waals surface area contributed by atoms with Crippen molar-refractivity contribution in [2.45, 2.75) is 63.8 Å². The Morgan fingerprint density at radius 2 is 2.05 bits per heavy atom. The molecule has 0 bridgehead atoms. The summed E-state index contributed by atoms with van der Waals surface area (Å²) in [4.78, 5) is 14.4. The molecule has 1 aliphatic carbocycles. The molecule has 2 unspecified atom stereocenters. The standard InChI is InChI=1S/C29H32ClFN2O3S/c1-6-12-33-16-19(15-32-33)22-13-17(3)28(21-9-10-24(30)27(31)26(21)18(22)4)37-20-8-11-25(35-5)23(14-20)29(34)36-7-2/h8-11,14-16,18,22H,6-7,12-13H2,1-5H3. The molecule has 0 spiro atoms. The quantitative estimate of drug-likeness (QED) is 0.269. The summed E-state index contributed by atoms with van der Waals surface area (Å²) in [5, 5.41) is 4.65. The summed E-state index contributed by atoms with van der Waals surface area (Å²) < 4.78 is 28.2. The van der Waals surface area contributed by atoms with Crippen LogP contribution in [0.3, 0.4) is 0 Å². The van der Waals surface area contributed by atoms with Gasteiger partial charge in [-0.3, -0.25) is 4.68 Å². The van der Waals surface area contributed by atoms with Crippen molar-refractivity contribution in [2.24, 2.45) is 0 Å². The SMILES string of the molecule is CCCn1cc(C2CC(C)=C(Sc3ccc(OC)c(C(=O)OCC)c3)c3ccc(Cl)c(F)c3C2C)cn1. The number of aryl methyl sites for hydroxylation is 1. The molecule has 3 aromatic rings. The summed E-state index contributed by atoms with van der Waals surface area (Å²) in [6, 6.07) is 8.96. The van der Waals surface area contributed by atoms with Gasteiger partial charge in [0.05, 0.1) is 24.9 Å². The second-order valence-electron chi connectivity index (χ2n) is 9.25. The summed E-state index contributed by atoms with van der Waals surface area (Å²) in [7, 11) is 1.52. The monoisotopic (exact) mass is 542 g/mol. The van der Waals surface area contributed by atoms with Gasteiger partial charge in [-0.25, -0.2) is 9.18 Å². The molecule has 5 nitrogen and oxygen atoms in total. The van der Waals surface area contributed by atoms with Gasteiger partial charge >= 0.3 is 5.97 Å². The minimum Gasteiger partial charge on any atom is -0.496 e. The molecule has 8 heteroatoms. The smallest absolute Gasteiger partial charge is 0.341 e. The van der Waals surface area contributed by atoms with Crippen molar-refractivity contribution in [3.8, 4) is 5.75 Å². The van der Waals surface area contributed by atoms with E-state index in [1.54, 1.807) is 25.1 Å². The molecule has 0 N–H and O–H groups in total. The van der Waals surface area contributed by atoms with Crippen molar-refractivity contribution in [1.82, 2.24) is 9.78 Å². The first-order valence-electron chi connectivity index (χ1n) is 12.5. The summed E-state index contributed by atoms with van der Waals surface area (Å²) in [6.07, 6.45) is 5.71. The molecular weight excluding hydrogens is 511 g/mol. The Kier molecular flexibility index (Phi) is 8.65. The van der Waals surface area contributed by atoms with Crippen LogP contribution in [0.4, 0.5) is 4.39 Å². The van der Waals surface area contributed by atoms with Gasteiger partial charge in [0.25, 0.3) is 0 Å². The first-order chi connectivity index (χ1) is 17.8. The number of ether oxygens (including phenoxy) is 2. The van der Waals surface area contributed by atoms with Gasteiger partial charge in [-0.05, 0) is 73.9 Å². The highest BCUT2D eigenvalue weighted by atomic mass is 35.5. The number of methoxy groups -OCH3 is 1. The van der Waals surface area contributed by atoms with Crippen molar-refractivity contribution >= 4 is 34.2 Å². The summed E-state index contributed by atoms with van der Waals surface area (Å²) in [5.41, 5.74) is 4.02. The van der Waals surface area contributed by atoms with Gasteiger partial charge in [0.15, 0.2) is 0 Å². The number of thioether (sulfide) groups is 1. The molecule has 0 radical (unpaired) electrons. The lowest BCUT2D eigenvalue weighted by atomic mass is 9.81. The minimum absolute atomic E-state index is 0.0429. The van der Waals surface area contributed by atoms with Gasteiger partial charge in [-0.1, -0.05) is 48.8 Å². The van der Waals surface area contributed by atoms with Crippen molar-refractivity contribution < 1.29 is 18.7 Å². The van der Waals surface area contributed by atoms with Crippen LogP contribution in [0.15, 0.2) is 53.2 Å². The molecule has 196 valence electrons. The zero-order valence-electron chi connectivity index (χ0n) is 21.8. The first-order valence-corrected chi connectivity index (χ1v) is 13.7. The summed E-state index contributed by atoms with van der Waals surface area (Å²) in [5.74, 6) is -0.449. The normalized spacial score (nSPS) is 17.4. The maximum absolute atomic E-state index is 15.7. The zero-order valence-corrected chi connectivity index (χ0v) is 23.4. The second kappa shape index (κ2) is 11.7. The number of esters is 1. The predicted octanol–water partition coefficient (Wildman–Crippen LogP) is 8.09. The number of carbonyl (C=O) groups is 1. The van der Waals surface area contributed by atoms with Crippen molar-refractivity contribution in [2.75, 3.05) is 13.7 Å². The van der Waals surface area contributed by atoms with Gasteiger partial charge in [0.1, 0.15) is 17.1 Å². The van der Waals surface area contributed by atoms with Gasteiger partial charge in [0.2, 0.25) is 0 Å². The lowest BCUT2D eigenvalue weighted by Crippen LogP contribution is -2.10. The molecule has 2 atom stereocenters. The molecule has 2 aromatic carbocycles. The van der Waals surface area contributed by atoms with Crippen LogP contribution in [0.25, 0.3) is 4.91 Å². The highest BCUT2D eigenvalue weighted by molar-refractivity contribution is 8.08. The van der Waals surface area contributed by atoms with Crippen LogP contribution in [-0.2, 0) is 11.3 Å². The molecule has 0 saturated carbocycles. The molecule has 1 heterocycles. The molecular formula is C29H32ClFN2O3S. The number of hydrogen-bond donors (Lipinski definition) is 0. The Balaban J connectivity index is 1.81. The number of halogens is 2. The van der Waals surface area contributed by atoms with Crippen molar-refractivity contribution in [1.29, 1.82) is 0 Å². The number of carbonyl (C=O) groups excluding carboxylic acids is 1. The molecule has 0 aliphatic heterocycles. The highest BCUT2D eigenvalue weighted by Crippen LogP contribution is 2.51. The molecule has 37 heavy (non-hydrogen) atoms. The average Bonchev–Trinajstić information content (AvgIpc) is 3.31. The highest BCUT2D eigenvalue weighted by Gasteiger charge is 2.33. The van der Waals surface area contributed by atoms with Crippen LogP contribution in [0, 0.1) is 5.82 Å². The van der Waals surface area contributed by atoms with Gasteiger partial charge < -0.3 is 9.47 Å². The van der Waals surface area contributed by atoms with E-state index < -0.39 is 5.97 Å². The van der Waals surface area contributed by atoms with E-state index >= 15 is 4.39 Å². The third kappa shape index (κ3) is 5.58. The molecule has 1 aliphatic rings. The fourth-order valence-electron chi connectivity index (χ4n) is 4.95. The van der Waals surface area contributed by atoms with E-state index in [4.69, 9.17) is 21.1 Å². The van der Waals surface area contributed by atoms with Crippen molar-refractivity contribution in [3.05, 3.63) is 81.4 Å². The number of allylic oxidation sites excluding steroid dienone is 1. The Hall–Kier alpha value is -2.77. The lowest BCUT2D eigenvalue weighted by Gasteiger charge is -2.23. The van der Waals surface area contributed by atoms with Crippen LogP contribution in [0.5, 0.6) is 5.75 Å². The Morgan fingerprint density at radius 3 is 2.76 bits per heavy atom. The van der Waals surface area contributed by atoms with Gasteiger partial charge in [0, 0.05) is 28.1 Å². The fraction of sp³-hybridized carbons (Fsp3) is 0.379. The van der Waals surface area contributed by atoms with Crippen LogP contribution in [0.2, 0.25) is 5.02 Å². The van der Waals surface area contributed by atoms with E-state index in [2.05, 4.69) is 32.1 Å². The van der Waals surface area contributed by atoms with Crippen LogP contribution in [0.1, 0.15) is 79.4 Å². The molecule has 0 fully saturated rings. The number of nitrogens with zero attached hydrogens (tertiary/aromatic N) is 2. The van der Waals surface area contributed by atoms with Crippen LogP contribution in [-0.4, -0.2) is 29.5 Å². The molecule has 0 amide bonds. The van der Waals surface area contributed by atoms with Crippen molar-refractivity contribution in [3.63, 3.8) is 0 Å². The Bertz CT molecular complexity index is 1340. The van der Waals surface area contributed by atoms with Crippen LogP contribution < -0.4 is 4.74 Å². The maximum Gasteiger partial charge on any atom is 0.341 e. The van der Waals surface area contributed by atoms with Gasteiger partial charge in [-0.15, -0.1) is 0 Å². The molecule has 1 aromatic heterocycles. The largest absolute Gasteiger partial charge is 0.496 e. The Labute approximate surface area is 227 Å². The van der Waals surface area contributed by atoms with Gasteiger partial charge in [-0.2, -0.15) is 5.10 Å². The number of rotatable bonds is 8. The van der Waals surface area contributed by atoms with E-state index in [1.165, 1.54) is 18.9 Å². The third-order valence-electron chi connectivity index (χ3n) is 6.77. The van der Waals surface area contributed by atoms with E-state index in [9.17, 15) is 4.79 Å². The predicted molar refractivity (Wildman–Crippen MR) is 147 cm³/mol. The fourth-order valence-corrected chi connectivity index (χ4v) is 6.21. The minimum atomic E-state index is -0.440. The number of benzene rings is 2. The summed E-state index contributed by atoms with van der Waals surface area (Å²) in [6.45, 7) is 9.15. The first kappa shape index (κ1) is 27.3. The topological polar surface area (TPSA) is 53.4 Å². The number of aromatic nitrogens is 2. The van der Waals surface area contributed by atoms with E-state index in [0.717, 1.165) is 45.9 Å². The maximum atomic E-state index is 15.7.